The number of benzene rings is 1. The molecule has 3 aliphatic rings. The first-order chi connectivity index (χ1) is 14.4. The van der Waals surface area contributed by atoms with Gasteiger partial charge in [-0.15, -0.1) is 0 Å². The summed E-state index contributed by atoms with van der Waals surface area (Å²) >= 11 is 0. The molecule has 8 nitrogen and oxygen atoms in total. The number of nitrogens with zero attached hydrogens (tertiary/aromatic N) is 2. The summed E-state index contributed by atoms with van der Waals surface area (Å²) in [6.45, 7) is 0. The van der Waals surface area contributed by atoms with E-state index in [1.165, 1.54) is 4.90 Å². The summed E-state index contributed by atoms with van der Waals surface area (Å²) in [5, 5.41) is 26.0. The Kier molecular flexibility index (Phi) is 5.37. The zero-order chi connectivity index (χ0) is 21.3. The zero-order valence-corrected chi connectivity index (χ0v) is 17.2. The van der Waals surface area contributed by atoms with Crippen LogP contribution >= 0.6 is 0 Å². The molecule has 1 heterocycles. The SMILES string of the molecule is CN1C(=N)N[C@@](C[C@H]2CCC[C@@H](NC(=O)Nc3ccc(C#N)cc3)C2)(C2CC2)C1=O. The molecule has 3 atom stereocenters. The second-order valence-electron chi connectivity index (χ2n) is 8.80. The van der Waals surface area contributed by atoms with Crippen LogP contribution in [0.25, 0.3) is 0 Å². The Bertz CT molecular complexity index is 888. The van der Waals surface area contributed by atoms with Crippen molar-refractivity contribution < 1.29 is 9.59 Å². The molecule has 2 aliphatic carbocycles. The molecule has 3 amide bonds. The predicted octanol–water partition coefficient (Wildman–Crippen LogP) is 2.77. The zero-order valence-electron chi connectivity index (χ0n) is 17.2. The molecule has 1 aliphatic heterocycles. The van der Waals surface area contributed by atoms with E-state index in [1.54, 1.807) is 31.3 Å². The summed E-state index contributed by atoms with van der Waals surface area (Å²) < 4.78 is 0. The smallest absolute Gasteiger partial charge is 0.319 e. The summed E-state index contributed by atoms with van der Waals surface area (Å²) in [5.74, 6) is 0.849. The van der Waals surface area contributed by atoms with Gasteiger partial charge in [0.25, 0.3) is 5.91 Å². The fraction of sp³-hybridized carbons (Fsp3) is 0.545. The average Bonchev–Trinajstić information content (AvgIpc) is 3.55. The third-order valence-electron chi connectivity index (χ3n) is 6.64. The van der Waals surface area contributed by atoms with Gasteiger partial charge in [0.15, 0.2) is 5.96 Å². The van der Waals surface area contributed by atoms with E-state index >= 15 is 0 Å². The maximum atomic E-state index is 12.9. The molecule has 3 fully saturated rings. The van der Waals surface area contributed by atoms with Crippen molar-refractivity contribution in [2.75, 3.05) is 12.4 Å². The number of hydrogen-bond acceptors (Lipinski definition) is 4. The Morgan fingerprint density at radius 1 is 1.30 bits per heavy atom. The van der Waals surface area contributed by atoms with Crippen LogP contribution in [0.3, 0.4) is 0 Å². The van der Waals surface area contributed by atoms with E-state index in [-0.39, 0.29) is 23.9 Å². The monoisotopic (exact) mass is 408 g/mol. The molecule has 4 N–H and O–H groups in total. The number of likely N-dealkylation sites (N-methyl/N-ethyl adjacent to an activating group) is 1. The lowest BCUT2D eigenvalue weighted by atomic mass is 9.75. The molecule has 0 bridgehead atoms. The number of guanidine groups is 1. The average molecular weight is 409 g/mol. The van der Waals surface area contributed by atoms with E-state index in [4.69, 9.17) is 10.7 Å². The van der Waals surface area contributed by atoms with E-state index in [2.05, 4.69) is 22.0 Å². The molecule has 158 valence electrons. The maximum Gasteiger partial charge on any atom is 0.319 e. The van der Waals surface area contributed by atoms with Crippen molar-refractivity contribution in [3.8, 4) is 6.07 Å². The standard InChI is InChI=1S/C22H28N6O2/c1-28-19(29)22(16-7-8-16,27-20(28)24)12-15-3-2-4-18(11-15)26-21(30)25-17-9-5-14(13-23)6-10-17/h5-6,9-10,15-16,18H,2-4,7-8,11-12H2,1H3,(H2,24,27)(H2,25,26,30)/t15-,18+,22-/m0/s1. The first kappa shape index (κ1) is 20.2. The maximum absolute atomic E-state index is 12.9. The lowest BCUT2D eigenvalue weighted by Gasteiger charge is -2.36. The van der Waals surface area contributed by atoms with E-state index in [1.807, 2.05) is 0 Å². The van der Waals surface area contributed by atoms with Crippen LogP contribution in [0.15, 0.2) is 24.3 Å². The molecule has 0 aromatic heterocycles. The summed E-state index contributed by atoms with van der Waals surface area (Å²) in [4.78, 5) is 26.8. The van der Waals surface area contributed by atoms with E-state index in [0.29, 0.717) is 23.1 Å². The van der Waals surface area contributed by atoms with Gasteiger partial charge in [-0.25, -0.2) is 4.79 Å². The van der Waals surface area contributed by atoms with Gasteiger partial charge in [0, 0.05) is 18.8 Å². The summed E-state index contributed by atoms with van der Waals surface area (Å²) in [6, 6.07) is 8.63. The topological polar surface area (TPSA) is 121 Å². The fourth-order valence-electron chi connectivity index (χ4n) is 4.95. The number of urea groups is 1. The van der Waals surface area contributed by atoms with Crippen molar-refractivity contribution >= 4 is 23.6 Å². The Morgan fingerprint density at radius 3 is 2.63 bits per heavy atom. The number of rotatable bonds is 5. The predicted molar refractivity (Wildman–Crippen MR) is 113 cm³/mol. The number of nitrogens with one attached hydrogen (secondary N) is 4. The van der Waals surface area contributed by atoms with Crippen molar-refractivity contribution in [3.05, 3.63) is 29.8 Å². The number of carbonyl (C=O) groups excluding carboxylic acids is 2. The second-order valence-corrected chi connectivity index (χ2v) is 8.80. The molecule has 4 rings (SSSR count). The van der Waals surface area contributed by atoms with E-state index < -0.39 is 5.54 Å². The normalized spacial score (nSPS) is 28.6. The number of amides is 3. The van der Waals surface area contributed by atoms with Crippen LogP contribution in [0.5, 0.6) is 0 Å². The van der Waals surface area contributed by atoms with Crippen molar-refractivity contribution in [3.63, 3.8) is 0 Å². The van der Waals surface area contributed by atoms with Crippen molar-refractivity contribution in [1.82, 2.24) is 15.5 Å². The number of carbonyl (C=O) groups is 2. The van der Waals surface area contributed by atoms with Gasteiger partial charge < -0.3 is 16.0 Å². The fourth-order valence-corrected chi connectivity index (χ4v) is 4.95. The number of hydrogen-bond donors (Lipinski definition) is 4. The van der Waals surface area contributed by atoms with Crippen LogP contribution in [-0.4, -0.2) is 41.4 Å². The first-order valence-electron chi connectivity index (χ1n) is 10.6. The van der Waals surface area contributed by atoms with Crippen LogP contribution in [0, 0.1) is 28.6 Å². The van der Waals surface area contributed by atoms with Gasteiger partial charge in [0.2, 0.25) is 0 Å². The van der Waals surface area contributed by atoms with Gasteiger partial charge in [-0.2, -0.15) is 5.26 Å². The quantitative estimate of drug-likeness (QED) is 0.598. The van der Waals surface area contributed by atoms with Crippen LogP contribution < -0.4 is 16.0 Å². The molecule has 30 heavy (non-hydrogen) atoms. The van der Waals surface area contributed by atoms with Crippen molar-refractivity contribution in [2.45, 2.75) is 56.5 Å². The summed E-state index contributed by atoms with van der Waals surface area (Å²) in [6.07, 6.45) is 6.58. The molecule has 1 aromatic carbocycles. The number of nitriles is 1. The van der Waals surface area contributed by atoms with Crippen LogP contribution in [0.2, 0.25) is 0 Å². The largest absolute Gasteiger partial charge is 0.341 e. The molecule has 1 saturated heterocycles. The van der Waals surface area contributed by atoms with Crippen LogP contribution in [-0.2, 0) is 4.79 Å². The Labute approximate surface area is 176 Å². The van der Waals surface area contributed by atoms with Crippen LogP contribution in [0.4, 0.5) is 10.5 Å². The Morgan fingerprint density at radius 2 is 2.03 bits per heavy atom. The Hall–Kier alpha value is -3.08. The highest BCUT2D eigenvalue weighted by atomic mass is 16.2. The van der Waals surface area contributed by atoms with Gasteiger partial charge >= 0.3 is 6.03 Å². The highest BCUT2D eigenvalue weighted by molar-refractivity contribution is 6.08. The molecular weight excluding hydrogens is 380 g/mol. The lowest BCUT2D eigenvalue weighted by Crippen LogP contribution is -2.51. The molecule has 8 heteroatoms. The van der Waals surface area contributed by atoms with E-state index in [9.17, 15) is 9.59 Å². The van der Waals surface area contributed by atoms with Gasteiger partial charge in [-0.3, -0.25) is 15.1 Å². The van der Waals surface area contributed by atoms with Gasteiger partial charge in [-0.05, 0) is 68.2 Å². The minimum atomic E-state index is -0.636. The molecule has 0 radical (unpaired) electrons. The third-order valence-corrected chi connectivity index (χ3v) is 6.64. The molecule has 1 aromatic rings. The van der Waals surface area contributed by atoms with Gasteiger partial charge in [-0.1, -0.05) is 12.8 Å². The Balaban J connectivity index is 1.35. The minimum absolute atomic E-state index is 0.0173. The van der Waals surface area contributed by atoms with E-state index in [0.717, 1.165) is 44.9 Å². The first-order valence-corrected chi connectivity index (χ1v) is 10.6. The van der Waals surface area contributed by atoms with Gasteiger partial charge in [0.05, 0.1) is 11.6 Å². The number of anilines is 1. The summed E-state index contributed by atoms with van der Waals surface area (Å²) in [7, 11) is 1.67. The highest BCUT2D eigenvalue weighted by Crippen LogP contribution is 2.47. The molecule has 0 spiro atoms. The van der Waals surface area contributed by atoms with Crippen LogP contribution in [0.1, 0.15) is 50.5 Å². The van der Waals surface area contributed by atoms with Crippen molar-refractivity contribution in [2.24, 2.45) is 11.8 Å². The highest BCUT2D eigenvalue weighted by Gasteiger charge is 2.57. The third kappa shape index (κ3) is 3.97. The molecule has 2 saturated carbocycles. The van der Waals surface area contributed by atoms with Gasteiger partial charge in [0.1, 0.15) is 5.54 Å². The minimum Gasteiger partial charge on any atom is -0.341 e. The molecular formula is C22H28N6O2. The summed E-state index contributed by atoms with van der Waals surface area (Å²) in [5.41, 5.74) is 0.562. The molecule has 0 unspecified atom stereocenters. The second kappa shape index (κ2) is 7.98. The van der Waals surface area contributed by atoms with Crippen molar-refractivity contribution in [1.29, 1.82) is 10.7 Å². The lowest BCUT2D eigenvalue weighted by molar-refractivity contribution is -0.131.